The van der Waals surface area contributed by atoms with Crippen LogP contribution in [0.2, 0.25) is 0 Å². The molecule has 0 aliphatic carbocycles. The normalized spacial score (nSPS) is 12.0. The van der Waals surface area contributed by atoms with Crippen molar-refractivity contribution in [1.29, 1.82) is 0 Å². The zero-order chi connectivity index (χ0) is 43.5. The summed E-state index contributed by atoms with van der Waals surface area (Å²) in [6.07, 6.45) is 30.1. The first-order valence-electron chi connectivity index (χ1n) is 24.8. The van der Waals surface area contributed by atoms with E-state index < -0.39 is 0 Å². The molecule has 0 bridgehead atoms. The van der Waals surface area contributed by atoms with Crippen LogP contribution in [0.1, 0.15) is 152 Å². The first-order valence-corrected chi connectivity index (χ1v) is 28.1. The van der Waals surface area contributed by atoms with Gasteiger partial charge in [-0.2, -0.15) is 0 Å². The van der Waals surface area contributed by atoms with Gasteiger partial charge in [0.15, 0.2) is 0 Å². The topological polar surface area (TPSA) is 26.3 Å². The van der Waals surface area contributed by atoms with Gasteiger partial charge in [0.05, 0.1) is 0 Å². The van der Waals surface area contributed by atoms with Gasteiger partial charge in [-0.1, -0.05) is 142 Å². The van der Waals surface area contributed by atoms with Crippen LogP contribution in [-0.4, -0.2) is 0 Å². The van der Waals surface area contributed by atoms with Crippen molar-refractivity contribution in [2.24, 2.45) is 0 Å². The number of aryl methyl sites for hydroxylation is 2. The van der Waals surface area contributed by atoms with E-state index in [1.807, 2.05) is 45.3 Å². The maximum Gasteiger partial charge on any atom is 0.136 e. The molecule has 6 heterocycles. The molecule has 64 heavy (non-hydrogen) atoms. The van der Waals surface area contributed by atoms with Crippen LogP contribution >= 0.6 is 45.3 Å². The summed E-state index contributed by atoms with van der Waals surface area (Å²) in [6, 6.07) is 36.2. The third kappa shape index (κ3) is 11.2. The van der Waals surface area contributed by atoms with Crippen LogP contribution < -0.4 is 0 Å². The van der Waals surface area contributed by atoms with E-state index in [4.69, 9.17) is 8.83 Å². The summed E-state index contributed by atoms with van der Waals surface area (Å²) in [6.45, 7) is 4.59. The van der Waals surface area contributed by atoms with Crippen LogP contribution in [0.5, 0.6) is 0 Å². The zero-order valence-corrected chi connectivity index (χ0v) is 41.5. The molecule has 0 saturated heterocycles. The largest absolute Gasteiger partial charge is 0.456 e. The Morgan fingerprint density at radius 1 is 0.297 bits per heavy atom. The Hall–Kier alpha value is -3.94. The maximum atomic E-state index is 6.59. The van der Waals surface area contributed by atoms with Gasteiger partial charge < -0.3 is 8.83 Å². The van der Waals surface area contributed by atoms with Gasteiger partial charge in [0.1, 0.15) is 22.3 Å². The molecule has 2 nitrogen and oxygen atoms in total. The highest BCUT2D eigenvalue weighted by Crippen LogP contribution is 2.43. The first-order chi connectivity index (χ1) is 31.6. The molecule has 0 N–H and O–H groups in total. The summed E-state index contributed by atoms with van der Waals surface area (Å²) in [5.74, 6) is 0. The van der Waals surface area contributed by atoms with Crippen molar-refractivity contribution in [1.82, 2.24) is 0 Å². The fraction of sp³-hybridized carbons (Fsp3) is 0.414. The summed E-state index contributed by atoms with van der Waals surface area (Å²) in [7, 11) is 0. The zero-order valence-electron chi connectivity index (χ0n) is 38.2. The molecule has 0 radical (unpaired) electrons. The third-order valence-corrected chi connectivity index (χ3v) is 18.2. The fourth-order valence-corrected chi connectivity index (χ4v) is 13.7. The number of rotatable bonds is 26. The standard InChI is InChI=1S/C58H66O2S4/c1-3-5-7-9-11-13-15-17-19-21-23-43-27-31-55(61-43)57-35-33-53(63-57)41-25-29-45-47-39-52-48(40-51(47)59-49(45)37-41)46-30-26-42(38-50(46)60-52)54-34-36-58(64-54)56-32-28-44(62-56)24-22-20-18-16-14-12-10-8-6-4-2/h25-40H,3-24H2,1-2H3. The van der Waals surface area contributed by atoms with Gasteiger partial charge in [0, 0.05) is 60.6 Å². The van der Waals surface area contributed by atoms with Gasteiger partial charge in [0.2, 0.25) is 0 Å². The van der Waals surface area contributed by atoms with E-state index >= 15 is 0 Å². The number of fused-ring (bicyclic) bond motifs is 6. The molecule has 0 aliphatic rings. The average molecular weight is 923 g/mol. The highest BCUT2D eigenvalue weighted by molar-refractivity contribution is 7.24. The van der Waals surface area contributed by atoms with Crippen LogP contribution in [0.15, 0.2) is 106 Å². The Labute approximate surface area is 397 Å². The molecule has 0 aliphatic heterocycles. The van der Waals surface area contributed by atoms with E-state index in [0.717, 1.165) is 43.9 Å². The molecule has 334 valence electrons. The number of unbranched alkanes of at least 4 members (excludes halogenated alkanes) is 18. The number of hydrogen-bond acceptors (Lipinski definition) is 6. The summed E-state index contributed by atoms with van der Waals surface area (Å²) >= 11 is 7.70. The predicted molar refractivity (Wildman–Crippen MR) is 285 cm³/mol. The van der Waals surface area contributed by atoms with Crippen molar-refractivity contribution in [3.63, 3.8) is 0 Å². The summed E-state index contributed by atoms with van der Waals surface area (Å²) < 4.78 is 13.2. The van der Waals surface area contributed by atoms with Gasteiger partial charge >= 0.3 is 0 Å². The molecule has 0 fully saturated rings. The molecule has 0 saturated carbocycles. The molecule has 0 spiro atoms. The first kappa shape index (κ1) is 45.2. The summed E-state index contributed by atoms with van der Waals surface area (Å²) in [5.41, 5.74) is 6.04. The van der Waals surface area contributed by atoms with Crippen LogP contribution in [-0.2, 0) is 12.8 Å². The minimum Gasteiger partial charge on any atom is -0.456 e. The average Bonchev–Trinajstić information content (AvgIpc) is 4.18. The molecule has 3 aromatic carbocycles. The Bertz CT molecular complexity index is 2660. The van der Waals surface area contributed by atoms with Crippen molar-refractivity contribution in [2.75, 3.05) is 0 Å². The van der Waals surface area contributed by atoms with Crippen molar-refractivity contribution in [2.45, 2.75) is 155 Å². The second-order valence-electron chi connectivity index (χ2n) is 18.2. The summed E-state index contributed by atoms with van der Waals surface area (Å²) in [4.78, 5) is 11.0. The molecule has 6 heteroatoms. The van der Waals surface area contributed by atoms with Gasteiger partial charge in [-0.15, -0.1) is 45.3 Å². The molecular weight excluding hydrogens is 857 g/mol. The molecule has 9 aromatic rings. The van der Waals surface area contributed by atoms with Gasteiger partial charge in [0.25, 0.3) is 0 Å². The smallest absolute Gasteiger partial charge is 0.136 e. The third-order valence-electron chi connectivity index (χ3n) is 13.2. The maximum absolute atomic E-state index is 6.59. The lowest BCUT2D eigenvalue weighted by Crippen LogP contribution is -1.84. The van der Waals surface area contributed by atoms with E-state index in [1.54, 1.807) is 0 Å². The quantitative estimate of drug-likeness (QED) is 0.0506. The van der Waals surface area contributed by atoms with Crippen LogP contribution in [0.25, 0.3) is 84.3 Å². The van der Waals surface area contributed by atoms with Crippen LogP contribution in [0, 0.1) is 0 Å². The van der Waals surface area contributed by atoms with Crippen molar-refractivity contribution in [3.05, 3.63) is 107 Å². The predicted octanol–water partition coefficient (Wildman–Crippen LogP) is 21.3. The lowest BCUT2D eigenvalue weighted by Gasteiger charge is -2.02. The Kier molecular flexibility index (Phi) is 15.9. The van der Waals surface area contributed by atoms with Gasteiger partial charge in [-0.05, 0) is 122 Å². The van der Waals surface area contributed by atoms with Crippen LogP contribution in [0.4, 0.5) is 0 Å². The van der Waals surface area contributed by atoms with Gasteiger partial charge in [-0.3, -0.25) is 0 Å². The Morgan fingerprint density at radius 3 is 1.03 bits per heavy atom. The second-order valence-corrected chi connectivity index (χ2v) is 22.7. The van der Waals surface area contributed by atoms with E-state index in [-0.39, 0.29) is 0 Å². The molecule has 0 atom stereocenters. The van der Waals surface area contributed by atoms with E-state index in [2.05, 4.69) is 111 Å². The second kappa shape index (κ2) is 22.5. The molecule has 0 amide bonds. The minimum absolute atomic E-state index is 0.901. The van der Waals surface area contributed by atoms with E-state index in [0.29, 0.717) is 0 Å². The lowest BCUT2D eigenvalue weighted by molar-refractivity contribution is 0.557. The van der Waals surface area contributed by atoms with Gasteiger partial charge in [-0.25, -0.2) is 0 Å². The highest BCUT2D eigenvalue weighted by Gasteiger charge is 2.17. The highest BCUT2D eigenvalue weighted by atomic mass is 32.1. The minimum atomic E-state index is 0.901. The monoisotopic (exact) mass is 922 g/mol. The van der Waals surface area contributed by atoms with Crippen molar-refractivity contribution >= 4 is 89.2 Å². The fourth-order valence-electron chi connectivity index (χ4n) is 9.47. The van der Waals surface area contributed by atoms with Crippen LogP contribution in [0.3, 0.4) is 0 Å². The van der Waals surface area contributed by atoms with E-state index in [9.17, 15) is 0 Å². The molecule has 6 aromatic heterocycles. The van der Waals surface area contributed by atoms with E-state index in [1.165, 1.54) is 191 Å². The number of benzene rings is 3. The number of thiophene rings is 4. The van der Waals surface area contributed by atoms with Crippen molar-refractivity contribution < 1.29 is 8.83 Å². The summed E-state index contributed by atoms with van der Waals surface area (Å²) in [5, 5.41) is 4.44. The molecule has 0 unspecified atom stereocenters. The Morgan fingerprint density at radius 2 is 0.625 bits per heavy atom. The lowest BCUT2D eigenvalue weighted by atomic mass is 10.1. The van der Waals surface area contributed by atoms with Crippen molar-refractivity contribution in [3.8, 4) is 40.4 Å². The number of hydrogen-bond donors (Lipinski definition) is 0. The number of furan rings is 2. The Balaban J connectivity index is 0.802. The SMILES string of the molecule is CCCCCCCCCCCCc1ccc(-c2ccc(-c3ccc4c(c3)oc3cc5c(cc34)oc3cc(-c4ccc(-c6ccc(CCCCCCCCCCCC)s6)s4)ccc35)s2)s1. The molecular formula is C58H66O2S4. The molecule has 9 rings (SSSR count).